The molecule has 3 heterocycles. The van der Waals surface area contributed by atoms with Gasteiger partial charge < -0.3 is 24.4 Å². The number of nitriles is 1. The zero-order valence-corrected chi connectivity index (χ0v) is 17.1. The Kier molecular flexibility index (Phi) is 4.65. The van der Waals surface area contributed by atoms with Gasteiger partial charge in [0.1, 0.15) is 11.1 Å². The van der Waals surface area contributed by atoms with E-state index >= 15 is 0 Å². The number of nitrogens with one attached hydrogen (secondary N) is 2. The number of benzene rings is 1. The molecule has 2 aliphatic heterocycles. The Hall–Kier alpha value is -2.76. The van der Waals surface area contributed by atoms with Crippen LogP contribution in [0.15, 0.2) is 6.07 Å². The monoisotopic (exact) mass is 400 g/mol. The predicted octanol–water partition coefficient (Wildman–Crippen LogP) is 2.05. The highest BCUT2D eigenvalue weighted by atomic mass is 32.1. The lowest BCUT2D eigenvalue weighted by atomic mass is 9.95. The molecular formula is C20H22N3O4S+. The summed E-state index contributed by atoms with van der Waals surface area (Å²) in [7, 11) is 3.73. The number of carbonyl (C=O) groups is 1. The average molecular weight is 400 g/mol. The van der Waals surface area contributed by atoms with Gasteiger partial charge in [-0.25, -0.2) is 0 Å². The Balaban J connectivity index is 1.82. The minimum atomic E-state index is -0.141. The average Bonchev–Trinajstić information content (AvgIpc) is 3.26. The normalized spacial score (nSPS) is 19.7. The lowest BCUT2D eigenvalue weighted by molar-refractivity contribution is -0.910. The molecule has 7 nitrogen and oxygen atoms in total. The Morgan fingerprint density at radius 3 is 2.93 bits per heavy atom. The molecule has 1 aromatic heterocycles. The predicted molar refractivity (Wildman–Crippen MR) is 105 cm³/mol. The summed E-state index contributed by atoms with van der Waals surface area (Å²) in [6.07, 6.45) is 0.748. The Morgan fingerprint density at radius 1 is 1.46 bits per heavy atom. The molecule has 0 saturated heterocycles. The first-order chi connectivity index (χ1) is 13.5. The largest absolute Gasteiger partial charge is 0.492 e. The molecule has 0 spiro atoms. The molecule has 2 aliphatic rings. The second-order valence-corrected chi connectivity index (χ2v) is 8.09. The van der Waals surface area contributed by atoms with Crippen LogP contribution in [0.25, 0.3) is 0 Å². The van der Waals surface area contributed by atoms with Crippen LogP contribution in [0.1, 0.15) is 45.0 Å². The number of Topliss-reactive ketones (excluding diaryl/α,β-unsaturated/α-hetero) is 1. The van der Waals surface area contributed by atoms with Crippen molar-refractivity contribution in [2.45, 2.75) is 26.4 Å². The van der Waals surface area contributed by atoms with E-state index in [2.05, 4.69) is 18.4 Å². The maximum atomic E-state index is 11.9. The van der Waals surface area contributed by atoms with Crippen LogP contribution in [-0.4, -0.2) is 33.3 Å². The van der Waals surface area contributed by atoms with Crippen molar-refractivity contribution in [2.75, 3.05) is 32.8 Å². The first-order valence-corrected chi connectivity index (χ1v) is 9.90. The van der Waals surface area contributed by atoms with Gasteiger partial charge >= 0.3 is 0 Å². The van der Waals surface area contributed by atoms with Crippen LogP contribution >= 0.6 is 11.3 Å². The van der Waals surface area contributed by atoms with Crippen molar-refractivity contribution in [3.8, 4) is 23.3 Å². The molecule has 0 fully saturated rings. The number of fused-ring (bicyclic) bond motifs is 2. The molecule has 28 heavy (non-hydrogen) atoms. The van der Waals surface area contributed by atoms with Gasteiger partial charge in [-0.15, -0.1) is 11.3 Å². The van der Waals surface area contributed by atoms with Crippen LogP contribution in [0.2, 0.25) is 0 Å². The second kappa shape index (κ2) is 7.00. The summed E-state index contributed by atoms with van der Waals surface area (Å²) in [5, 5.41) is 13.9. The summed E-state index contributed by atoms with van der Waals surface area (Å²) < 4.78 is 16.9. The summed E-state index contributed by atoms with van der Waals surface area (Å²) in [5.74, 6) is 1.96. The SMILES string of the molecule is COc1c2c(cc3c1[C@H](Nc1sc(C(C)=O)c(C)c1C#N)[NH+](C)CC3)OCO2. The highest BCUT2D eigenvalue weighted by Crippen LogP contribution is 2.48. The number of nitrogens with zero attached hydrogens (tertiary/aromatic N) is 1. The molecule has 1 unspecified atom stereocenters. The summed E-state index contributed by atoms with van der Waals surface area (Å²) >= 11 is 1.33. The molecule has 2 atom stereocenters. The Bertz CT molecular complexity index is 1010. The van der Waals surface area contributed by atoms with Gasteiger partial charge in [0.25, 0.3) is 0 Å². The fourth-order valence-electron chi connectivity index (χ4n) is 3.94. The molecule has 0 saturated carbocycles. The fraction of sp³-hybridized carbons (Fsp3) is 0.400. The van der Waals surface area contributed by atoms with Crippen molar-refractivity contribution in [1.29, 1.82) is 5.26 Å². The Labute approximate surface area is 167 Å². The van der Waals surface area contributed by atoms with Gasteiger partial charge in [0.15, 0.2) is 23.4 Å². The van der Waals surface area contributed by atoms with E-state index in [0.29, 0.717) is 32.7 Å². The topological polar surface area (TPSA) is 85.0 Å². The standard InChI is InChI=1S/C20H21N3O4S/c1-10-13(8-21)20(28-18(10)11(2)24)22-19-15-12(5-6-23(19)3)7-14-16(17(15)25-4)27-9-26-14/h7,19,22H,5-6,9H2,1-4H3/p+1/t19-/m1/s1. The van der Waals surface area contributed by atoms with E-state index in [1.54, 1.807) is 7.11 Å². The van der Waals surface area contributed by atoms with Gasteiger partial charge in [-0.3, -0.25) is 4.79 Å². The summed E-state index contributed by atoms with van der Waals surface area (Å²) in [4.78, 5) is 13.8. The number of thiophene rings is 1. The molecule has 0 bridgehead atoms. The maximum absolute atomic E-state index is 11.9. The third-order valence-electron chi connectivity index (χ3n) is 5.37. The minimum Gasteiger partial charge on any atom is -0.492 e. The molecule has 0 aliphatic carbocycles. The number of rotatable bonds is 4. The zero-order valence-electron chi connectivity index (χ0n) is 16.3. The van der Waals surface area contributed by atoms with Gasteiger partial charge in [-0.2, -0.15) is 5.26 Å². The molecule has 146 valence electrons. The zero-order chi connectivity index (χ0) is 20.0. The van der Waals surface area contributed by atoms with Crippen LogP contribution in [0.3, 0.4) is 0 Å². The van der Waals surface area contributed by atoms with Gasteiger partial charge in [-0.05, 0) is 31.0 Å². The van der Waals surface area contributed by atoms with E-state index in [-0.39, 0.29) is 18.7 Å². The van der Waals surface area contributed by atoms with E-state index in [1.165, 1.54) is 23.2 Å². The van der Waals surface area contributed by atoms with Gasteiger partial charge in [-0.1, -0.05) is 0 Å². The van der Waals surface area contributed by atoms with Gasteiger partial charge in [0, 0.05) is 6.42 Å². The van der Waals surface area contributed by atoms with Crippen molar-refractivity contribution >= 4 is 22.1 Å². The van der Waals surface area contributed by atoms with Crippen LogP contribution in [0, 0.1) is 18.3 Å². The van der Waals surface area contributed by atoms with Gasteiger partial charge in [0.2, 0.25) is 12.5 Å². The van der Waals surface area contributed by atoms with E-state index in [9.17, 15) is 10.1 Å². The van der Waals surface area contributed by atoms with Crippen LogP contribution < -0.4 is 24.4 Å². The highest BCUT2D eigenvalue weighted by molar-refractivity contribution is 7.18. The number of quaternary nitrogens is 1. The third kappa shape index (κ3) is 2.79. The number of hydrogen-bond donors (Lipinski definition) is 2. The number of likely N-dealkylation sites (N-methyl/N-ethyl adjacent to an activating group) is 1. The first kappa shape index (κ1) is 18.6. The highest BCUT2D eigenvalue weighted by Gasteiger charge is 2.37. The van der Waals surface area contributed by atoms with E-state index < -0.39 is 0 Å². The van der Waals surface area contributed by atoms with Gasteiger partial charge in [0.05, 0.1) is 36.7 Å². The molecule has 4 rings (SSSR count). The molecular weight excluding hydrogens is 378 g/mol. The number of anilines is 1. The summed E-state index contributed by atoms with van der Waals surface area (Å²) in [6, 6.07) is 4.27. The third-order valence-corrected chi connectivity index (χ3v) is 6.70. The van der Waals surface area contributed by atoms with Crippen LogP contribution in [0.5, 0.6) is 17.2 Å². The van der Waals surface area contributed by atoms with Crippen molar-refractivity contribution in [2.24, 2.45) is 0 Å². The van der Waals surface area contributed by atoms with Crippen molar-refractivity contribution < 1.29 is 23.9 Å². The maximum Gasteiger partial charge on any atom is 0.231 e. The van der Waals surface area contributed by atoms with Crippen molar-refractivity contribution in [3.63, 3.8) is 0 Å². The minimum absolute atomic E-state index is 0.0299. The number of carbonyl (C=O) groups excluding carboxylic acids is 1. The number of methoxy groups -OCH3 is 1. The van der Waals surface area contributed by atoms with E-state index in [4.69, 9.17) is 14.2 Å². The van der Waals surface area contributed by atoms with E-state index in [0.717, 1.165) is 29.7 Å². The first-order valence-electron chi connectivity index (χ1n) is 9.08. The number of ketones is 1. The van der Waals surface area contributed by atoms with Crippen LogP contribution in [-0.2, 0) is 6.42 Å². The van der Waals surface area contributed by atoms with Crippen molar-refractivity contribution in [3.05, 3.63) is 33.2 Å². The smallest absolute Gasteiger partial charge is 0.231 e. The van der Waals surface area contributed by atoms with Crippen molar-refractivity contribution in [1.82, 2.24) is 0 Å². The Morgan fingerprint density at radius 2 is 2.25 bits per heavy atom. The van der Waals surface area contributed by atoms with Crippen LogP contribution in [0.4, 0.5) is 5.00 Å². The molecule has 8 heteroatoms. The number of hydrogen-bond acceptors (Lipinski definition) is 7. The molecule has 2 N–H and O–H groups in total. The van der Waals surface area contributed by atoms with E-state index in [1.807, 2.05) is 13.0 Å². The fourth-order valence-corrected chi connectivity index (χ4v) is 5.02. The number of ether oxygens (including phenoxy) is 3. The lowest BCUT2D eigenvalue weighted by Crippen LogP contribution is -3.11. The molecule has 2 aromatic rings. The lowest BCUT2D eigenvalue weighted by Gasteiger charge is -2.33. The quantitative estimate of drug-likeness (QED) is 0.764. The molecule has 0 radical (unpaired) electrons. The molecule has 1 aromatic carbocycles. The summed E-state index contributed by atoms with van der Waals surface area (Å²) in [5.41, 5.74) is 3.40. The second-order valence-electron chi connectivity index (χ2n) is 7.07. The summed E-state index contributed by atoms with van der Waals surface area (Å²) in [6.45, 7) is 4.45. The molecule has 0 amide bonds.